The number of carbonyl (C=O) groups is 1. The van der Waals surface area contributed by atoms with Gasteiger partial charge in [0.2, 0.25) is 5.69 Å². The molecule has 1 aromatic heterocycles. The van der Waals surface area contributed by atoms with Crippen molar-refractivity contribution in [1.29, 1.82) is 0 Å². The van der Waals surface area contributed by atoms with Crippen molar-refractivity contribution in [3.05, 3.63) is 74.6 Å². The van der Waals surface area contributed by atoms with Crippen LogP contribution < -0.4 is 10.5 Å². The SMILES string of the molecule is COc1c(-c2ccccc2)ccc([N+](=O)[O-])c1-n1cc([N+](=O)[O-])c(C(N)=O)n1. The van der Waals surface area contributed by atoms with E-state index in [0.29, 0.717) is 11.1 Å². The molecule has 3 rings (SSSR count). The van der Waals surface area contributed by atoms with Crippen LogP contribution in [-0.2, 0) is 0 Å². The van der Waals surface area contributed by atoms with Gasteiger partial charge >= 0.3 is 5.69 Å². The van der Waals surface area contributed by atoms with Crippen LogP contribution in [0.5, 0.6) is 5.75 Å². The number of methoxy groups -OCH3 is 1. The van der Waals surface area contributed by atoms with E-state index in [1.807, 2.05) is 0 Å². The van der Waals surface area contributed by atoms with Crippen LogP contribution in [-0.4, -0.2) is 32.6 Å². The summed E-state index contributed by atoms with van der Waals surface area (Å²) in [6.07, 6.45) is 0.889. The molecule has 3 aromatic rings. The molecule has 1 amide bonds. The number of aromatic nitrogens is 2. The van der Waals surface area contributed by atoms with Crippen molar-refractivity contribution < 1.29 is 19.4 Å². The molecule has 0 fully saturated rings. The van der Waals surface area contributed by atoms with Crippen LogP contribution in [0.15, 0.2) is 48.7 Å². The minimum atomic E-state index is -1.13. The first-order valence-corrected chi connectivity index (χ1v) is 7.80. The molecule has 142 valence electrons. The van der Waals surface area contributed by atoms with Gasteiger partial charge in [-0.1, -0.05) is 30.3 Å². The van der Waals surface area contributed by atoms with Crippen molar-refractivity contribution >= 4 is 17.3 Å². The lowest BCUT2D eigenvalue weighted by molar-refractivity contribution is -0.385. The summed E-state index contributed by atoms with van der Waals surface area (Å²) in [5.41, 5.74) is 4.49. The highest BCUT2D eigenvalue weighted by Gasteiger charge is 2.30. The minimum absolute atomic E-state index is 0.0637. The van der Waals surface area contributed by atoms with Crippen LogP contribution in [0, 0.1) is 20.2 Å². The number of rotatable bonds is 6. The average Bonchev–Trinajstić information content (AvgIpc) is 3.13. The monoisotopic (exact) mass is 383 g/mol. The maximum atomic E-state index is 11.6. The van der Waals surface area contributed by atoms with Gasteiger partial charge in [-0.25, -0.2) is 4.68 Å². The fraction of sp³-hybridized carbons (Fsp3) is 0.0588. The quantitative estimate of drug-likeness (QED) is 0.506. The molecule has 11 nitrogen and oxygen atoms in total. The largest absolute Gasteiger partial charge is 0.494 e. The topological polar surface area (TPSA) is 156 Å². The number of nitrogens with zero attached hydrogens (tertiary/aromatic N) is 4. The maximum absolute atomic E-state index is 11.6. The van der Waals surface area contributed by atoms with E-state index in [-0.39, 0.29) is 11.4 Å². The second kappa shape index (κ2) is 7.15. The first-order chi connectivity index (χ1) is 13.3. The molecule has 11 heteroatoms. The minimum Gasteiger partial charge on any atom is -0.494 e. The number of hydrogen-bond donors (Lipinski definition) is 1. The van der Waals surface area contributed by atoms with Crippen molar-refractivity contribution in [1.82, 2.24) is 9.78 Å². The highest BCUT2D eigenvalue weighted by atomic mass is 16.6. The summed E-state index contributed by atoms with van der Waals surface area (Å²) >= 11 is 0. The Labute approximate surface area is 157 Å². The molecule has 0 saturated heterocycles. The number of nitro groups is 2. The lowest BCUT2D eigenvalue weighted by Crippen LogP contribution is -2.14. The van der Waals surface area contributed by atoms with E-state index in [1.54, 1.807) is 30.3 Å². The van der Waals surface area contributed by atoms with Crippen molar-refractivity contribution in [2.45, 2.75) is 0 Å². The van der Waals surface area contributed by atoms with Gasteiger partial charge in [-0.3, -0.25) is 25.0 Å². The third kappa shape index (κ3) is 3.11. The lowest BCUT2D eigenvalue weighted by atomic mass is 10.0. The molecule has 0 bridgehead atoms. The summed E-state index contributed by atoms with van der Waals surface area (Å²) in [6, 6.07) is 11.6. The standard InChI is InChI=1S/C17H13N5O6/c1-28-16-11(10-5-3-2-4-6-10)7-8-12(21(24)25)15(16)20-9-13(22(26)27)14(19-20)17(18)23/h2-9H,1H3,(H2,18,23). The Balaban J connectivity index is 2.36. The molecule has 1 heterocycles. The molecule has 0 saturated carbocycles. The van der Waals surface area contributed by atoms with E-state index in [1.165, 1.54) is 19.2 Å². The molecule has 28 heavy (non-hydrogen) atoms. The summed E-state index contributed by atoms with van der Waals surface area (Å²) < 4.78 is 6.26. The molecule has 0 spiro atoms. The number of nitrogens with two attached hydrogens (primary N) is 1. The molecule has 2 N–H and O–H groups in total. The van der Waals surface area contributed by atoms with Gasteiger partial charge in [-0.2, -0.15) is 5.10 Å². The Bertz CT molecular complexity index is 1060. The van der Waals surface area contributed by atoms with E-state index in [0.717, 1.165) is 10.9 Å². The van der Waals surface area contributed by atoms with Crippen LogP contribution in [0.1, 0.15) is 10.5 Å². The van der Waals surface area contributed by atoms with Crippen LogP contribution >= 0.6 is 0 Å². The van der Waals surface area contributed by atoms with Crippen molar-refractivity contribution in [2.75, 3.05) is 7.11 Å². The molecule has 0 aliphatic rings. The van der Waals surface area contributed by atoms with Gasteiger partial charge in [0, 0.05) is 11.6 Å². The van der Waals surface area contributed by atoms with Crippen molar-refractivity contribution in [3.63, 3.8) is 0 Å². The maximum Gasteiger partial charge on any atom is 0.320 e. The summed E-state index contributed by atoms with van der Waals surface area (Å²) in [5, 5.41) is 26.6. The smallest absolute Gasteiger partial charge is 0.320 e. The number of hydrogen-bond acceptors (Lipinski definition) is 7. The van der Waals surface area contributed by atoms with E-state index in [9.17, 15) is 25.0 Å². The predicted octanol–water partition coefficient (Wildman–Crippen LogP) is 2.46. The molecular formula is C17H13N5O6. The van der Waals surface area contributed by atoms with Gasteiger partial charge in [-0.05, 0) is 11.6 Å². The summed E-state index contributed by atoms with van der Waals surface area (Å²) in [6.45, 7) is 0. The molecule has 0 aliphatic carbocycles. The van der Waals surface area contributed by atoms with E-state index < -0.39 is 32.8 Å². The van der Waals surface area contributed by atoms with Crippen LogP contribution in [0.25, 0.3) is 16.8 Å². The predicted molar refractivity (Wildman–Crippen MR) is 97.4 cm³/mol. The molecule has 0 aliphatic heterocycles. The highest BCUT2D eigenvalue weighted by molar-refractivity contribution is 5.95. The lowest BCUT2D eigenvalue weighted by Gasteiger charge is -2.14. The van der Waals surface area contributed by atoms with Gasteiger partial charge < -0.3 is 10.5 Å². The van der Waals surface area contributed by atoms with Crippen LogP contribution in [0.2, 0.25) is 0 Å². The third-order valence-corrected chi connectivity index (χ3v) is 3.95. The number of benzene rings is 2. The number of amides is 1. The molecular weight excluding hydrogens is 370 g/mol. The number of ether oxygens (including phenoxy) is 1. The number of carbonyl (C=O) groups excluding carboxylic acids is 1. The molecule has 2 aromatic carbocycles. The molecule has 0 unspecified atom stereocenters. The average molecular weight is 383 g/mol. The number of primary amides is 1. The van der Waals surface area contributed by atoms with E-state index >= 15 is 0 Å². The normalized spacial score (nSPS) is 10.5. The van der Waals surface area contributed by atoms with Gasteiger partial charge in [0.1, 0.15) is 6.20 Å². The fourth-order valence-electron chi connectivity index (χ4n) is 2.77. The van der Waals surface area contributed by atoms with E-state index in [4.69, 9.17) is 10.5 Å². The summed E-state index contributed by atoms with van der Waals surface area (Å²) in [7, 11) is 1.31. The third-order valence-electron chi connectivity index (χ3n) is 3.95. The zero-order valence-corrected chi connectivity index (χ0v) is 14.4. The van der Waals surface area contributed by atoms with E-state index in [2.05, 4.69) is 5.10 Å². The summed E-state index contributed by atoms with van der Waals surface area (Å²) in [4.78, 5) is 32.8. The second-order valence-corrected chi connectivity index (χ2v) is 5.57. The number of nitro benzene ring substituents is 1. The Morgan fingerprint density at radius 1 is 1.07 bits per heavy atom. The zero-order chi connectivity index (χ0) is 20.4. The van der Waals surface area contributed by atoms with Crippen LogP contribution in [0.4, 0.5) is 11.4 Å². The highest BCUT2D eigenvalue weighted by Crippen LogP contribution is 2.41. The van der Waals surface area contributed by atoms with Crippen LogP contribution in [0.3, 0.4) is 0 Å². The Hall–Kier alpha value is -4.28. The molecule has 0 radical (unpaired) electrons. The van der Waals surface area contributed by atoms with Gasteiger partial charge in [0.25, 0.3) is 11.6 Å². The first kappa shape index (κ1) is 18.5. The fourth-order valence-corrected chi connectivity index (χ4v) is 2.77. The Morgan fingerprint density at radius 2 is 1.71 bits per heavy atom. The zero-order valence-electron chi connectivity index (χ0n) is 14.4. The Kier molecular flexibility index (Phi) is 4.73. The van der Waals surface area contributed by atoms with Gasteiger partial charge in [0.15, 0.2) is 11.4 Å². The Morgan fingerprint density at radius 3 is 2.21 bits per heavy atom. The second-order valence-electron chi connectivity index (χ2n) is 5.57. The van der Waals surface area contributed by atoms with Crippen molar-refractivity contribution in [2.24, 2.45) is 5.73 Å². The van der Waals surface area contributed by atoms with Gasteiger partial charge in [0.05, 0.1) is 17.0 Å². The van der Waals surface area contributed by atoms with Gasteiger partial charge in [-0.15, -0.1) is 0 Å². The summed E-state index contributed by atoms with van der Waals surface area (Å²) in [5.74, 6) is -1.07. The van der Waals surface area contributed by atoms with Crippen molar-refractivity contribution in [3.8, 4) is 22.6 Å². The first-order valence-electron chi connectivity index (χ1n) is 7.80. The molecule has 0 atom stereocenters.